The number of aromatic nitrogens is 3. The van der Waals surface area contributed by atoms with Crippen molar-refractivity contribution in [3.8, 4) is 5.75 Å². The molecule has 0 saturated heterocycles. The standard InChI is InChI=1S/C20H20BrN5O2S/c1-11-10-14(6-9-16(11)21)22-19(27)18-17(13-4-7-15(28-3)8-5-13)25-26-12(2)23-24-20(26)29-18/h4-10,17-18,25H,1-3H3,(H,22,27)/t17-,18-/m1/s1. The van der Waals surface area contributed by atoms with Gasteiger partial charge in [0.25, 0.3) is 0 Å². The van der Waals surface area contributed by atoms with Crippen molar-refractivity contribution in [1.29, 1.82) is 0 Å². The smallest absolute Gasteiger partial charge is 0.240 e. The molecule has 2 aromatic carbocycles. The second-order valence-electron chi connectivity index (χ2n) is 6.74. The molecule has 0 fully saturated rings. The lowest BCUT2D eigenvalue weighted by Gasteiger charge is -2.32. The van der Waals surface area contributed by atoms with Crippen molar-refractivity contribution in [2.45, 2.75) is 30.3 Å². The minimum atomic E-state index is -0.427. The summed E-state index contributed by atoms with van der Waals surface area (Å²) in [5.41, 5.74) is 6.19. The second-order valence-corrected chi connectivity index (χ2v) is 8.70. The molecular weight excluding hydrogens is 454 g/mol. The maximum Gasteiger partial charge on any atom is 0.240 e. The molecule has 3 aromatic rings. The van der Waals surface area contributed by atoms with E-state index < -0.39 is 5.25 Å². The molecule has 0 bridgehead atoms. The van der Waals surface area contributed by atoms with Gasteiger partial charge in [0.2, 0.25) is 11.1 Å². The molecule has 2 heterocycles. The Morgan fingerprint density at radius 2 is 1.97 bits per heavy atom. The van der Waals surface area contributed by atoms with Gasteiger partial charge < -0.3 is 15.5 Å². The van der Waals surface area contributed by atoms with Crippen LogP contribution in [0, 0.1) is 13.8 Å². The highest BCUT2D eigenvalue weighted by Gasteiger charge is 2.37. The largest absolute Gasteiger partial charge is 0.497 e. The third kappa shape index (κ3) is 3.97. The Morgan fingerprint density at radius 3 is 2.66 bits per heavy atom. The number of rotatable bonds is 4. The molecule has 29 heavy (non-hydrogen) atoms. The lowest BCUT2D eigenvalue weighted by atomic mass is 10.0. The number of halogens is 1. The van der Waals surface area contributed by atoms with Crippen LogP contribution >= 0.6 is 27.7 Å². The van der Waals surface area contributed by atoms with Gasteiger partial charge in [-0.1, -0.05) is 39.8 Å². The zero-order valence-corrected chi connectivity index (χ0v) is 18.5. The topological polar surface area (TPSA) is 81.1 Å². The molecule has 9 heteroatoms. The SMILES string of the molecule is COc1ccc([C@H]2Nn3c(C)nnc3S[C@H]2C(=O)Nc2ccc(Br)c(C)c2)cc1. The molecule has 2 N–H and O–H groups in total. The first kappa shape index (κ1) is 19.8. The Balaban J connectivity index is 1.65. The fourth-order valence-corrected chi connectivity index (χ4v) is 4.53. The number of nitrogens with zero attached hydrogens (tertiary/aromatic N) is 3. The number of hydrogen-bond acceptors (Lipinski definition) is 6. The van der Waals surface area contributed by atoms with Gasteiger partial charge in [-0.15, -0.1) is 10.2 Å². The van der Waals surface area contributed by atoms with Crippen molar-refractivity contribution in [3.05, 3.63) is 63.9 Å². The van der Waals surface area contributed by atoms with Gasteiger partial charge in [0, 0.05) is 10.2 Å². The summed E-state index contributed by atoms with van der Waals surface area (Å²) < 4.78 is 8.09. The van der Waals surface area contributed by atoms with Gasteiger partial charge in [0.05, 0.1) is 13.2 Å². The first-order valence-corrected chi connectivity index (χ1v) is 10.7. The van der Waals surface area contributed by atoms with E-state index in [1.165, 1.54) is 11.8 Å². The maximum atomic E-state index is 13.2. The molecule has 1 aromatic heterocycles. The Labute approximate surface area is 181 Å². The Morgan fingerprint density at radius 1 is 1.21 bits per heavy atom. The summed E-state index contributed by atoms with van der Waals surface area (Å²) in [6.07, 6.45) is 0. The van der Waals surface area contributed by atoms with Crippen molar-refractivity contribution < 1.29 is 9.53 Å². The molecule has 0 spiro atoms. The number of thioether (sulfide) groups is 1. The second kappa shape index (κ2) is 8.08. The van der Waals surface area contributed by atoms with E-state index >= 15 is 0 Å². The normalized spacial score (nSPS) is 17.9. The van der Waals surface area contributed by atoms with E-state index in [0.29, 0.717) is 5.16 Å². The van der Waals surface area contributed by atoms with Crippen LogP contribution in [0.4, 0.5) is 5.69 Å². The number of methoxy groups -OCH3 is 1. The number of nitrogens with one attached hydrogen (secondary N) is 2. The minimum absolute atomic E-state index is 0.100. The molecule has 1 amide bonds. The molecule has 0 unspecified atom stereocenters. The van der Waals surface area contributed by atoms with Crippen molar-refractivity contribution >= 4 is 39.3 Å². The number of aryl methyl sites for hydroxylation is 2. The molecular formula is C20H20BrN5O2S. The minimum Gasteiger partial charge on any atom is -0.497 e. The van der Waals surface area contributed by atoms with Crippen LogP contribution in [-0.2, 0) is 4.79 Å². The van der Waals surface area contributed by atoms with Gasteiger partial charge in [0.15, 0.2) is 0 Å². The highest BCUT2D eigenvalue weighted by molar-refractivity contribution is 9.10. The zero-order valence-electron chi connectivity index (χ0n) is 16.1. The summed E-state index contributed by atoms with van der Waals surface area (Å²) in [4.78, 5) is 13.2. The Bertz CT molecular complexity index is 1050. The quantitative estimate of drug-likeness (QED) is 0.594. The van der Waals surface area contributed by atoms with Crippen molar-refractivity contribution in [2.75, 3.05) is 17.9 Å². The van der Waals surface area contributed by atoms with Crippen LogP contribution in [0.1, 0.15) is 23.0 Å². The van der Waals surface area contributed by atoms with Crippen molar-refractivity contribution in [2.24, 2.45) is 0 Å². The zero-order chi connectivity index (χ0) is 20.5. The summed E-state index contributed by atoms with van der Waals surface area (Å²) in [5.74, 6) is 1.41. The first-order chi connectivity index (χ1) is 14.0. The van der Waals surface area contributed by atoms with Crippen LogP contribution in [0.25, 0.3) is 0 Å². The predicted molar refractivity (Wildman–Crippen MR) is 117 cm³/mol. The van der Waals surface area contributed by atoms with E-state index in [-0.39, 0.29) is 11.9 Å². The Hall–Kier alpha value is -2.52. The molecule has 4 rings (SSSR count). The van der Waals surface area contributed by atoms with Crippen molar-refractivity contribution in [3.63, 3.8) is 0 Å². The average Bonchev–Trinajstić information content (AvgIpc) is 3.10. The van der Waals surface area contributed by atoms with Gasteiger partial charge in [-0.2, -0.15) is 0 Å². The van der Waals surface area contributed by atoms with E-state index in [9.17, 15) is 4.79 Å². The first-order valence-electron chi connectivity index (χ1n) is 9.02. The summed E-state index contributed by atoms with van der Waals surface area (Å²) in [6.45, 7) is 3.86. The lowest BCUT2D eigenvalue weighted by Crippen LogP contribution is -2.41. The fraction of sp³-hybridized carbons (Fsp3) is 0.250. The highest BCUT2D eigenvalue weighted by Crippen LogP contribution is 2.38. The van der Waals surface area contributed by atoms with E-state index in [0.717, 1.165) is 32.9 Å². The number of benzene rings is 2. The van der Waals surface area contributed by atoms with Crippen LogP contribution in [0.15, 0.2) is 52.1 Å². The van der Waals surface area contributed by atoms with Crippen LogP contribution in [-0.4, -0.2) is 33.1 Å². The summed E-state index contributed by atoms with van der Waals surface area (Å²) >= 11 is 4.89. The van der Waals surface area contributed by atoms with E-state index in [4.69, 9.17) is 4.74 Å². The van der Waals surface area contributed by atoms with Crippen LogP contribution in [0.3, 0.4) is 0 Å². The van der Waals surface area contributed by atoms with E-state index in [2.05, 4.69) is 36.9 Å². The fourth-order valence-electron chi connectivity index (χ4n) is 3.16. The van der Waals surface area contributed by atoms with Gasteiger partial charge in [-0.05, 0) is 55.3 Å². The highest BCUT2D eigenvalue weighted by atomic mass is 79.9. The predicted octanol–water partition coefficient (Wildman–Crippen LogP) is 4.06. The molecule has 0 saturated carbocycles. The number of anilines is 1. The molecule has 2 atom stereocenters. The monoisotopic (exact) mass is 473 g/mol. The lowest BCUT2D eigenvalue weighted by molar-refractivity contribution is -0.116. The number of carbonyl (C=O) groups excluding carboxylic acids is 1. The van der Waals surface area contributed by atoms with Gasteiger partial charge >= 0.3 is 0 Å². The molecule has 1 aliphatic rings. The molecule has 7 nitrogen and oxygen atoms in total. The summed E-state index contributed by atoms with van der Waals surface area (Å²) in [6, 6.07) is 13.2. The van der Waals surface area contributed by atoms with E-state index in [1.54, 1.807) is 7.11 Å². The summed E-state index contributed by atoms with van der Waals surface area (Å²) in [7, 11) is 1.63. The van der Waals surface area contributed by atoms with E-state index in [1.807, 2.05) is 61.0 Å². The third-order valence-electron chi connectivity index (χ3n) is 4.76. The van der Waals surface area contributed by atoms with Gasteiger partial charge in [-0.3, -0.25) is 4.79 Å². The molecule has 150 valence electrons. The maximum absolute atomic E-state index is 13.2. The molecule has 0 radical (unpaired) electrons. The van der Waals surface area contributed by atoms with Crippen LogP contribution in [0.5, 0.6) is 5.75 Å². The number of hydrogen-bond donors (Lipinski definition) is 2. The summed E-state index contributed by atoms with van der Waals surface area (Å²) in [5, 5.41) is 11.6. The van der Waals surface area contributed by atoms with Crippen molar-refractivity contribution in [1.82, 2.24) is 14.9 Å². The van der Waals surface area contributed by atoms with Crippen LogP contribution in [0.2, 0.25) is 0 Å². The number of ether oxygens (including phenoxy) is 1. The van der Waals surface area contributed by atoms with Gasteiger partial charge in [0.1, 0.15) is 16.8 Å². The van der Waals surface area contributed by atoms with Crippen LogP contribution < -0.4 is 15.5 Å². The average molecular weight is 474 g/mol. The number of fused-ring (bicyclic) bond motifs is 1. The molecule has 0 aliphatic carbocycles. The number of amides is 1. The number of carbonyl (C=O) groups is 1. The third-order valence-corrected chi connectivity index (χ3v) is 6.86. The Kier molecular flexibility index (Phi) is 5.51. The molecule has 1 aliphatic heterocycles. The van der Waals surface area contributed by atoms with Gasteiger partial charge in [-0.25, -0.2) is 4.68 Å².